The van der Waals surface area contributed by atoms with E-state index in [0.29, 0.717) is 12.1 Å². The Bertz CT molecular complexity index is 1060. The van der Waals surface area contributed by atoms with Crippen LogP contribution in [0.3, 0.4) is 0 Å². The molecule has 1 amide bonds. The first kappa shape index (κ1) is 20.3. The molecule has 1 aromatic heterocycles. The van der Waals surface area contributed by atoms with Crippen molar-refractivity contribution in [1.82, 2.24) is 10.2 Å². The fraction of sp³-hybridized carbons (Fsp3) is 0.118. The molecule has 29 heavy (non-hydrogen) atoms. The average Bonchev–Trinajstić information content (AvgIpc) is 3.08. The SMILES string of the molecule is O=C(Nc1nnc(-c2cccc(C(F)(F)F)c2)o1)c1cc(F)cc(C(F)(F)F)c1. The van der Waals surface area contributed by atoms with Crippen LogP contribution in [0.25, 0.3) is 11.5 Å². The summed E-state index contributed by atoms with van der Waals surface area (Å²) in [5, 5.41) is 8.84. The minimum Gasteiger partial charge on any atom is -0.403 e. The molecule has 152 valence electrons. The zero-order valence-corrected chi connectivity index (χ0v) is 13.9. The second-order valence-electron chi connectivity index (χ2n) is 5.67. The topological polar surface area (TPSA) is 68.0 Å². The minimum absolute atomic E-state index is 0.0991. The molecule has 0 aliphatic rings. The smallest absolute Gasteiger partial charge is 0.403 e. The Labute approximate surface area is 157 Å². The number of rotatable bonds is 3. The van der Waals surface area contributed by atoms with Crippen LogP contribution in [0, 0.1) is 5.82 Å². The standard InChI is InChI=1S/C17H8F7N3O2/c18-12-6-9(5-11(7-12)17(22,23)24)13(28)25-15-27-26-14(29-15)8-2-1-3-10(4-8)16(19,20)21/h1-7H,(H,25,27,28). The molecule has 0 aliphatic carbocycles. The first-order valence-corrected chi connectivity index (χ1v) is 7.64. The van der Waals surface area contributed by atoms with E-state index < -0.39 is 46.8 Å². The summed E-state index contributed by atoms with van der Waals surface area (Å²) < 4.78 is 94.9. The number of halogens is 7. The number of carbonyl (C=O) groups excluding carboxylic acids is 1. The van der Waals surface area contributed by atoms with Crippen LogP contribution in [0.4, 0.5) is 36.7 Å². The molecule has 0 bridgehead atoms. The Kier molecular flexibility index (Phi) is 5.03. The van der Waals surface area contributed by atoms with Crippen LogP contribution >= 0.6 is 0 Å². The van der Waals surface area contributed by atoms with E-state index in [0.717, 1.165) is 18.2 Å². The van der Waals surface area contributed by atoms with Gasteiger partial charge < -0.3 is 4.42 Å². The summed E-state index contributed by atoms with van der Waals surface area (Å²) in [6, 6.07) is 4.52. The number of benzene rings is 2. The molecule has 0 saturated heterocycles. The highest BCUT2D eigenvalue weighted by Crippen LogP contribution is 2.32. The average molecular weight is 419 g/mol. The van der Waals surface area contributed by atoms with Gasteiger partial charge in [0, 0.05) is 11.1 Å². The van der Waals surface area contributed by atoms with Crippen LogP contribution in [-0.2, 0) is 12.4 Å². The molecule has 3 aromatic rings. The van der Waals surface area contributed by atoms with Gasteiger partial charge in [0.1, 0.15) is 5.82 Å². The second-order valence-corrected chi connectivity index (χ2v) is 5.67. The molecular weight excluding hydrogens is 411 g/mol. The van der Waals surface area contributed by atoms with Crippen molar-refractivity contribution in [2.24, 2.45) is 0 Å². The van der Waals surface area contributed by atoms with Crippen molar-refractivity contribution in [1.29, 1.82) is 0 Å². The summed E-state index contributed by atoms with van der Waals surface area (Å²) in [5.74, 6) is -2.85. The zero-order chi connectivity index (χ0) is 21.4. The first-order chi connectivity index (χ1) is 13.4. The van der Waals surface area contributed by atoms with Gasteiger partial charge >= 0.3 is 18.4 Å². The van der Waals surface area contributed by atoms with Crippen molar-refractivity contribution >= 4 is 11.9 Å². The fourth-order valence-electron chi connectivity index (χ4n) is 2.27. The maximum Gasteiger partial charge on any atom is 0.416 e. The van der Waals surface area contributed by atoms with Gasteiger partial charge in [-0.05, 0) is 36.4 Å². The summed E-state index contributed by atoms with van der Waals surface area (Å²) in [6.07, 6.45) is -9.49. The fourth-order valence-corrected chi connectivity index (χ4v) is 2.27. The van der Waals surface area contributed by atoms with Gasteiger partial charge in [-0.3, -0.25) is 10.1 Å². The number of amides is 1. The number of carbonyl (C=O) groups is 1. The number of nitrogens with one attached hydrogen (secondary N) is 1. The van der Waals surface area contributed by atoms with Crippen LogP contribution in [0.5, 0.6) is 0 Å². The highest BCUT2D eigenvalue weighted by molar-refractivity contribution is 6.03. The summed E-state index contributed by atoms with van der Waals surface area (Å²) in [7, 11) is 0. The van der Waals surface area contributed by atoms with E-state index >= 15 is 0 Å². The number of alkyl halides is 6. The van der Waals surface area contributed by atoms with Gasteiger partial charge in [-0.2, -0.15) is 26.3 Å². The Morgan fingerprint density at radius 2 is 1.59 bits per heavy atom. The zero-order valence-electron chi connectivity index (χ0n) is 13.9. The number of hydrogen-bond donors (Lipinski definition) is 1. The van der Waals surface area contributed by atoms with Crippen LogP contribution in [0.1, 0.15) is 21.5 Å². The van der Waals surface area contributed by atoms with E-state index in [4.69, 9.17) is 4.42 Å². The van der Waals surface area contributed by atoms with Crippen molar-refractivity contribution in [3.63, 3.8) is 0 Å². The van der Waals surface area contributed by atoms with Gasteiger partial charge in [-0.1, -0.05) is 11.2 Å². The third-order valence-corrected chi connectivity index (χ3v) is 3.57. The maximum atomic E-state index is 13.4. The Morgan fingerprint density at radius 3 is 2.24 bits per heavy atom. The minimum atomic E-state index is -4.88. The molecular formula is C17H8F7N3O2. The Morgan fingerprint density at radius 1 is 0.897 bits per heavy atom. The Hall–Kier alpha value is -3.44. The molecule has 0 radical (unpaired) electrons. The first-order valence-electron chi connectivity index (χ1n) is 7.64. The molecule has 0 fully saturated rings. The second kappa shape index (κ2) is 7.18. The molecule has 1 N–H and O–H groups in total. The number of aromatic nitrogens is 2. The summed E-state index contributed by atoms with van der Waals surface area (Å²) in [6.45, 7) is 0. The number of anilines is 1. The summed E-state index contributed by atoms with van der Waals surface area (Å²) in [4.78, 5) is 12.1. The lowest BCUT2D eigenvalue weighted by Crippen LogP contribution is -2.15. The van der Waals surface area contributed by atoms with Crippen molar-refractivity contribution in [3.8, 4) is 11.5 Å². The highest BCUT2D eigenvalue weighted by Gasteiger charge is 2.32. The van der Waals surface area contributed by atoms with Gasteiger partial charge in [0.25, 0.3) is 5.91 Å². The normalized spacial score (nSPS) is 12.1. The van der Waals surface area contributed by atoms with Crippen molar-refractivity contribution < 1.29 is 39.9 Å². The molecule has 5 nitrogen and oxygen atoms in total. The molecule has 0 saturated carbocycles. The van der Waals surface area contributed by atoms with Gasteiger partial charge in [-0.15, -0.1) is 5.10 Å². The van der Waals surface area contributed by atoms with E-state index in [-0.39, 0.29) is 17.5 Å². The summed E-state index contributed by atoms with van der Waals surface area (Å²) in [5.41, 5.74) is -3.12. The number of hydrogen-bond acceptors (Lipinski definition) is 4. The maximum absolute atomic E-state index is 13.4. The molecule has 0 atom stereocenters. The molecule has 1 heterocycles. The molecule has 0 aliphatic heterocycles. The third-order valence-electron chi connectivity index (χ3n) is 3.57. The van der Waals surface area contributed by atoms with E-state index in [1.54, 1.807) is 0 Å². The van der Waals surface area contributed by atoms with E-state index in [1.807, 2.05) is 5.32 Å². The molecule has 12 heteroatoms. The van der Waals surface area contributed by atoms with Gasteiger partial charge in [0.15, 0.2) is 0 Å². The van der Waals surface area contributed by atoms with Gasteiger partial charge in [0.05, 0.1) is 11.1 Å². The monoisotopic (exact) mass is 419 g/mol. The van der Waals surface area contributed by atoms with E-state index in [9.17, 15) is 35.5 Å². The van der Waals surface area contributed by atoms with Gasteiger partial charge in [0.2, 0.25) is 5.89 Å². The number of nitrogens with zero attached hydrogens (tertiary/aromatic N) is 2. The lowest BCUT2D eigenvalue weighted by molar-refractivity contribution is -0.138. The van der Waals surface area contributed by atoms with Gasteiger partial charge in [-0.25, -0.2) is 4.39 Å². The lowest BCUT2D eigenvalue weighted by Gasteiger charge is -2.08. The van der Waals surface area contributed by atoms with Crippen LogP contribution in [0.2, 0.25) is 0 Å². The molecule has 3 rings (SSSR count). The van der Waals surface area contributed by atoms with Crippen LogP contribution in [-0.4, -0.2) is 16.1 Å². The third kappa shape index (κ3) is 4.70. The van der Waals surface area contributed by atoms with Crippen LogP contribution < -0.4 is 5.32 Å². The van der Waals surface area contributed by atoms with E-state index in [1.165, 1.54) is 6.07 Å². The van der Waals surface area contributed by atoms with E-state index in [2.05, 4.69) is 10.2 Å². The highest BCUT2D eigenvalue weighted by atomic mass is 19.4. The van der Waals surface area contributed by atoms with Crippen molar-refractivity contribution in [2.45, 2.75) is 12.4 Å². The quantitative estimate of drug-likeness (QED) is 0.595. The predicted octanol–water partition coefficient (Wildman–Crippen LogP) is 5.17. The van der Waals surface area contributed by atoms with Crippen molar-refractivity contribution in [3.05, 3.63) is 65.0 Å². The van der Waals surface area contributed by atoms with Crippen LogP contribution in [0.15, 0.2) is 46.9 Å². The largest absolute Gasteiger partial charge is 0.416 e. The molecule has 0 spiro atoms. The summed E-state index contributed by atoms with van der Waals surface area (Å²) >= 11 is 0. The Balaban J connectivity index is 1.82. The van der Waals surface area contributed by atoms with Crippen molar-refractivity contribution in [2.75, 3.05) is 5.32 Å². The molecule has 0 unspecified atom stereocenters. The molecule has 2 aromatic carbocycles. The lowest BCUT2D eigenvalue weighted by atomic mass is 10.1. The predicted molar refractivity (Wildman–Crippen MR) is 84.1 cm³/mol.